The van der Waals surface area contributed by atoms with Crippen LogP contribution in [-0.2, 0) is 25.5 Å². The Hall–Kier alpha value is -6.32. The summed E-state index contributed by atoms with van der Waals surface area (Å²) in [5.41, 5.74) is 18.2. The second kappa shape index (κ2) is 18.1. The Kier molecular flexibility index (Phi) is 12.5. The normalized spacial score (nSPS) is 11.0. The number of pyridine rings is 3. The first kappa shape index (κ1) is 40.9. The number of aryl methyl sites for hydroxylation is 1. The Morgan fingerprint density at radius 2 is 1.08 bits per heavy atom. The maximum atomic E-state index is 4.98. The molecular weight excluding hydrogens is 895 g/mol. The quantitative estimate of drug-likeness (QED) is 0.156. The molecule has 3 nitrogen and oxygen atoms in total. The van der Waals surface area contributed by atoms with Crippen molar-refractivity contribution in [1.29, 1.82) is 0 Å². The molecule has 4 heteroatoms. The van der Waals surface area contributed by atoms with Crippen molar-refractivity contribution in [2.45, 2.75) is 40.0 Å². The van der Waals surface area contributed by atoms with Crippen molar-refractivity contribution in [2.75, 3.05) is 0 Å². The van der Waals surface area contributed by atoms with E-state index in [1.54, 1.807) is 0 Å². The van der Waals surface area contributed by atoms with Crippen LogP contribution in [-0.4, -0.2) is 15.0 Å². The molecule has 59 heavy (non-hydrogen) atoms. The minimum absolute atomic E-state index is 0. The topological polar surface area (TPSA) is 38.7 Å². The van der Waals surface area contributed by atoms with E-state index in [0.29, 0.717) is 0 Å². The van der Waals surface area contributed by atoms with E-state index in [0.717, 1.165) is 44.5 Å². The standard InChI is InChI=1S/C43H35N2.C12H10N.Ir/c1-29-35(30-13-7-5-8-14-30)20-21-36(31-15-9-6-10-16-31)41(29)38-23-22-37(42-39(38)19-12-25-45-42)32-17-11-18-33(27-32)40-28-34(24-26-44-40)43(2,3)4;1-10-7-8-13-12(9-10)11-5-3-2-4-6-11;/h5-17,19-28H,1-4H3;2-5,7-9H,1H3;/q2*-1;. The zero-order valence-electron chi connectivity index (χ0n) is 34.0. The molecule has 0 spiro atoms. The van der Waals surface area contributed by atoms with Gasteiger partial charge in [-0.2, -0.15) is 0 Å². The summed E-state index contributed by atoms with van der Waals surface area (Å²) in [5.74, 6) is 0. The molecule has 0 saturated heterocycles. The molecule has 0 aliphatic carbocycles. The van der Waals surface area contributed by atoms with Gasteiger partial charge in [-0.05, 0) is 98.9 Å². The van der Waals surface area contributed by atoms with Gasteiger partial charge in [-0.3, -0.25) is 4.98 Å². The second-order valence-electron chi connectivity index (χ2n) is 15.6. The van der Waals surface area contributed by atoms with Crippen molar-refractivity contribution in [3.05, 3.63) is 211 Å². The molecule has 9 aromatic rings. The van der Waals surface area contributed by atoms with Gasteiger partial charge < -0.3 is 9.97 Å². The average Bonchev–Trinajstić information content (AvgIpc) is 3.27. The molecule has 6 aromatic carbocycles. The maximum Gasteiger partial charge on any atom is 0.0770 e. The van der Waals surface area contributed by atoms with E-state index in [1.165, 1.54) is 50.1 Å². The number of hydrogen-bond donors (Lipinski definition) is 0. The van der Waals surface area contributed by atoms with Crippen molar-refractivity contribution in [2.24, 2.45) is 0 Å². The Morgan fingerprint density at radius 1 is 0.458 bits per heavy atom. The van der Waals surface area contributed by atoms with Gasteiger partial charge in [-0.25, -0.2) is 0 Å². The van der Waals surface area contributed by atoms with Gasteiger partial charge >= 0.3 is 0 Å². The number of aromatic nitrogens is 3. The monoisotopic (exact) mass is 940 g/mol. The van der Waals surface area contributed by atoms with Crippen LogP contribution in [0.5, 0.6) is 0 Å². The van der Waals surface area contributed by atoms with Crippen LogP contribution in [0.15, 0.2) is 182 Å². The molecule has 0 fully saturated rings. The van der Waals surface area contributed by atoms with Crippen LogP contribution >= 0.6 is 0 Å². The number of rotatable bonds is 6. The van der Waals surface area contributed by atoms with E-state index in [-0.39, 0.29) is 25.5 Å². The van der Waals surface area contributed by atoms with Gasteiger partial charge in [0.2, 0.25) is 0 Å². The van der Waals surface area contributed by atoms with E-state index >= 15 is 0 Å². The van der Waals surface area contributed by atoms with E-state index < -0.39 is 0 Å². The van der Waals surface area contributed by atoms with Crippen LogP contribution in [0.4, 0.5) is 0 Å². The van der Waals surface area contributed by atoms with Crippen molar-refractivity contribution < 1.29 is 20.1 Å². The van der Waals surface area contributed by atoms with Crippen LogP contribution in [0.2, 0.25) is 0 Å². The Morgan fingerprint density at radius 3 is 1.78 bits per heavy atom. The van der Waals surface area contributed by atoms with Gasteiger partial charge in [-0.15, -0.1) is 65.7 Å². The zero-order valence-corrected chi connectivity index (χ0v) is 36.4. The summed E-state index contributed by atoms with van der Waals surface area (Å²) in [6.45, 7) is 11.0. The van der Waals surface area contributed by atoms with Gasteiger partial charge in [0.15, 0.2) is 0 Å². The van der Waals surface area contributed by atoms with Crippen LogP contribution < -0.4 is 0 Å². The van der Waals surface area contributed by atoms with E-state index in [1.807, 2.05) is 61.1 Å². The predicted octanol–water partition coefficient (Wildman–Crippen LogP) is 14.2. The molecule has 3 aromatic heterocycles. The van der Waals surface area contributed by atoms with Gasteiger partial charge in [-0.1, -0.05) is 135 Å². The summed E-state index contributed by atoms with van der Waals surface area (Å²) in [5, 5.41) is 1.13. The summed E-state index contributed by atoms with van der Waals surface area (Å²) in [6, 6.07) is 63.7. The first-order valence-corrected chi connectivity index (χ1v) is 19.8. The summed E-state index contributed by atoms with van der Waals surface area (Å²) in [7, 11) is 0. The molecule has 1 radical (unpaired) electrons. The van der Waals surface area contributed by atoms with Gasteiger partial charge in [0.1, 0.15) is 0 Å². The summed E-state index contributed by atoms with van der Waals surface area (Å²) >= 11 is 0. The molecule has 0 saturated carbocycles. The van der Waals surface area contributed by atoms with Crippen LogP contribution in [0.1, 0.15) is 37.5 Å². The van der Waals surface area contributed by atoms with Gasteiger partial charge in [0, 0.05) is 44.1 Å². The van der Waals surface area contributed by atoms with Crippen molar-refractivity contribution in [3.63, 3.8) is 0 Å². The van der Waals surface area contributed by atoms with Gasteiger partial charge in [0.25, 0.3) is 0 Å². The molecule has 0 unspecified atom stereocenters. The van der Waals surface area contributed by atoms with Gasteiger partial charge in [0.05, 0.1) is 5.52 Å². The Labute approximate surface area is 362 Å². The molecule has 0 amide bonds. The minimum atomic E-state index is 0. The molecular formula is C55H45IrN3-2. The van der Waals surface area contributed by atoms with Crippen molar-refractivity contribution in [1.82, 2.24) is 15.0 Å². The molecule has 3 heterocycles. The van der Waals surface area contributed by atoms with Crippen molar-refractivity contribution in [3.8, 4) is 67.0 Å². The number of nitrogens with zero attached hydrogens (tertiary/aromatic N) is 3. The first-order chi connectivity index (χ1) is 28.2. The Balaban J connectivity index is 0.000000321. The maximum absolute atomic E-state index is 4.98. The fourth-order valence-corrected chi connectivity index (χ4v) is 7.53. The van der Waals surface area contributed by atoms with Crippen LogP contribution in [0.3, 0.4) is 0 Å². The first-order valence-electron chi connectivity index (χ1n) is 19.8. The smallest absolute Gasteiger partial charge is 0.0770 e. The van der Waals surface area contributed by atoms with Crippen molar-refractivity contribution >= 4 is 10.9 Å². The fourth-order valence-electron chi connectivity index (χ4n) is 7.53. The SMILES string of the molecule is Cc1c(-c2ccccc2)ccc(-c2ccccc2)c1-c1ccc(-c2cc[c-]c(-c3cc(C(C)(C)C)ccn3)c2)c2ncccc12.Cc1ccnc(-c2[c-]cccc2)c1.[Ir]. The third kappa shape index (κ3) is 9.06. The fraction of sp³-hybridized carbons (Fsp3) is 0.109. The Bertz CT molecular complexity index is 2830. The largest absolute Gasteiger partial charge is 0.305 e. The minimum Gasteiger partial charge on any atom is -0.305 e. The third-order valence-electron chi connectivity index (χ3n) is 10.6. The van der Waals surface area contributed by atoms with Crippen LogP contribution in [0, 0.1) is 26.0 Å². The van der Waals surface area contributed by atoms with E-state index in [4.69, 9.17) is 9.97 Å². The second-order valence-corrected chi connectivity index (χ2v) is 15.6. The third-order valence-corrected chi connectivity index (χ3v) is 10.6. The molecule has 0 aliphatic heterocycles. The van der Waals surface area contributed by atoms with E-state index in [2.05, 4.69) is 173 Å². The zero-order chi connectivity index (χ0) is 40.1. The molecule has 291 valence electrons. The average molecular weight is 940 g/mol. The molecule has 0 atom stereocenters. The van der Waals surface area contributed by atoms with Crippen LogP contribution in [0.25, 0.3) is 77.9 Å². The number of fused-ring (bicyclic) bond motifs is 1. The molecule has 9 rings (SSSR count). The molecule has 0 aliphatic rings. The molecule has 0 N–H and O–H groups in total. The predicted molar refractivity (Wildman–Crippen MR) is 242 cm³/mol. The summed E-state index contributed by atoms with van der Waals surface area (Å²) in [6.07, 6.45) is 5.62. The number of hydrogen-bond acceptors (Lipinski definition) is 3. The molecule has 0 bridgehead atoms. The summed E-state index contributed by atoms with van der Waals surface area (Å²) < 4.78 is 0. The van der Waals surface area contributed by atoms with E-state index in [9.17, 15) is 0 Å². The number of benzene rings is 6. The summed E-state index contributed by atoms with van der Waals surface area (Å²) in [4.78, 5) is 14.0.